The lowest BCUT2D eigenvalue weighted by atomic mass is 9.77. The molecule has 1 heterocycles. The van der Waals surface area contributed by atoms with Gasteiger partial charge in [0.15, 0.2) is 0 Å². The van der Waals surface area contributed by atoms with Crippen LogP contribution in [0.4, 0.5) is 4.39 Å². The minimum Gasteiger partial charge on any atom is -0.481 e. The van der Waals surface area contributed by atoms with Crippen molar-refractivity contribution in [2.75, 3.05) is 6.54 Å². The summed E-state index contributed by atoms with van der Waals surface area (Å²) in [7, 11) is -0.579. The summed E-state index contributed by atoms with van der Waals surface area (Å²) in [5.74, 6) is -1.38. The average molecular weight is 349 g/mol. The van der Waals surface area contributed by atoms with Crippen molar-refractivity contribution in [3.63, 3.8) is 0 Å². The van der Waals surface area contributed by atoms with Crippen molar-refractivity contribution in [3.05, 3.63) is 40.6 Å². The molecule has 0 spiro atoms. The van der Waals surface area contributed by atoms with Crippen molar-refractivity contribution in [3.8, 4) is 0 Å². The van der Waals surface area contributed by atoms with Crippen molar-refractivity contribution in [2.45, 2.75) is 51.7 Å². The third-order valence-corrected chi connectivity index (χ3v) is 4.83. The number of carbonyl (C=O) groups is 1. The third kappa shape index (κ3) is 4.48. The van der Waals surface area contributed by atoms with E-state index in [-0.39, 0.29) is 19.4 Å². The van der Waals surface area contributed by atoms with E-state index in [1.165, 1.54) is 6.07 Å². The molecule has 5 nitrogen and oxygen atoms in total. The molecular weight excluding hydrogens is 324 g/mol. The van der Waals surface area contributed by atoms with Crippen LogP contribution in [0, 0.1) is 5.82 Å². The minimum atomic E-state index is -0.949. The van der Waals surface area contributed by atoms with Gasteiger partial charge >= 0.3 is 13.1 Å². The highest BCUT2D eigenvalue weighted by Gasteiger charge is 2.52. The van der Waals surface area contributed by atoms with E-state index in [1.807, 2.05) is 27.7 Å². The predicted octanol–water partition coefficient (Wildman–Crippen LogP) is 2.82. The SMILES string of the molecule is CC1(C)OB(C(=Cc2ccc(CCC(=O)O)c(F)c2)CN)OC1(C)C. The minimum absolute atomic E-state index is 0.103. The molecule has 1 aromatic carbocycles. The maximum Gasteiger partial charge on any atom is 0.491 e. The smallest absolute Gasteiger partial charge is 0.481 e. The van der Waals surface area contributed by atoms with Gasteiger partial charge in [0.1, 0.15) is 5.82 Å². The summed E-state index contributed by atoms with van der Waals surface area (Å²) in [4.78, 5) is 10.6. The van der Waals surface area contributed by atoms with Gasteiger partial charge in [-0.15, -0.1) is 0 Å². The lowest BCUT2D eigenvalue weighted by molar-refractivity contribution is -0.136. The van der Waals surface area contributed by atoms with Gasteiger partial charge in [-0.05, 0) is 56.8 Å². The first kappa shape index (κ1) is 19.6. The number of carboxylic acids is 1. The summed E-state index contributed by atoms with van der Waals surface area (Å²) in [6.45, 7) is 8.05. The zero-order chi connectivity index (χ0) is 18.8. The predicted molar refractivity (Wildman–Crippen MR) is 95.5 cm³/mol. The monoisotopic (exact) mass is 349 g/mol. The van der Waals surface area contributed by atoms with E-state index in [0.717, 1.165) is 5.47 Å². The second-order valence-corrected chi connectivity index (χ2v) is 7.26. The molecule has 0 unspecified atom stereocenters. The summed E-state index contributed by atoms with van der Waals surface area (Å²) in [6.07, 6.45) is 1.81. The van der Waals surface area contributed by atoms with Gasteiger partial charge in [-0.1, -0.05) is 18.2 Å². The molecule has 1 fully saturated rings. The van der Waals surface area contributed by atoms with Crippen LogP contribution in [0.2, 0.25) is 0 Å². The Bertz CT molecular complexity index is 672. The van der Waals surface area contributed by atoms with Crippen molar-refractivity contribution in [1.29, 1.82) is 0 Å². The summed E-state index contributed by atoms with van der Waals surface area (Å²) < 4.78 is 26.1. The molecule has 136 valence electrons. The lowest BCUT2D eigenvalue weighted by Crippen LogP contribution is -2.41. The molecule has 0 atom stereocenters. The highest BCUT2D eigenvalue weighted by Crippen LogP contribution is 2.38. The van der Waals surface area contributed by atoms with Crippen LogP contribution in [0.1, 0.15) is 45.2 Å². The van der Waals surface area contributed by atoms with Gasteiger partial charge in [0.25, 0.3) is 0 Å². The Morgan fingerprint density at radius 1 is 1.28 bits per heavy atom. The summed E-state index contributed by atoms with van der Waals surface area (Å²) in [5, 5.41) is 8.70. The number of rotatable bonds is 6. The molecule has 0 aliphatic carbocycles. The van der Waals surface area contributed by atoms with Crippen LogP contribution in [-0.2, 0) is 20.5 Å². The van der Waals surface area contributed by atoms with Crippen molar-refractivity contribution in [2.24, 2.45) is 5.73 Å². The van der Waals surface area contributed by atoms with Crippen LogP contribution in [0.15, 0.2) is 23.7 Å². The van der Waals surface area contributed by atoms with E-state index in [0.29, 0.717) is 11.1 Å². The van der Waals surface area contributed by atoms with Gasteiger partial charge in [-0.3, -0.25) is 4.79 Å². The Labute approximate surface area is 148 Å². The fourth-order valence-electron chi connectivity index (χ4n) is 2.53. The molecule has 0 aromatic heterocycles. The Balaban J connectivity index is 2.20. The molecule has 0 saturated carbocycles. The number of aliphatic carboxylic acids is 1. The molecule has 1 aromatic rings. The summed E-state index contributed by atoms with van der Waals surface area (Å²) in [5.41, 5.74) is 6.62. The second-order valence-electron chi connectivity index (χ2n) is 7.26. The third-order valence-electron chi connectivity index (χ3n) is 4.83. The van der Waals surface area contributed by atoms with Crippen molar-refractivity contribution >= 4 is 19.2 Å². The van der Waals surface area contributed by atoms with Crippen molar-refractivity contribution < 1.29 is 23.6 Å². The van der Waals surface area contributed by atoms with E-state index in [9.17, 15) is 9.18 Å². The molecule has 2 rings (SSSR count). The quantitative estimate of drug-likeness (QED) is 0.772. The number of hydrogen-bond acceptors (Lipinski definition) is 4. The van der Waals surface area contributed by atoms with Gasteiger partial charge in [0.2, 0.25) is 0 Å². The first-order valence-corrected chi connectivity index (χ1v) is 8.32. The maximum atomic E-state index is 14.2. The second kappa shape index (κ2) is 7.27. The Morgan fingerprint density at radius 2 is 1.88 bits per heavy atom. The first-order valence-electron chi connectivity index (χ1n) is 8.32. The molecule has 1 aliphatic heterocycles. The van der Waals surface area contributed by atoms with E-state index >= 15 is 0 Å². The Hall–Kier alpha value is -1.70. The number of benzene rings is 1. The topological polar surface area (TPSA) is 81.8 Å². The van der Waals surface area contributed by atoms with Gasteiger partial charge < -0.3 is 20.1 Å². The lowest BCUT2D eigenvalue weighted by Gasteiger charge is -2.32. The van der Waals surface area contributed by atoms with Gasteiger partial charge in [0, 0.05) is 13.0 Å². The largest absolute Gasteiger partial charge is 0.491 e. The van der Waals surface area contributed by atoms with E-state index in [2.05, 4.69) is 0 Å². The average Bonchev–Trinajstić information content (AvgIpc) is 2.71. The Kier molecular flexibility index (Phi) is 5.71. The molecular formula is C18H25BFNO4. The van der Waals surface area contributed by atoms with E-state index in [4.69, 9.17) is 20.1 Å². The molecule has 0 radical (unpaired) electrons. The summed E-state index contributed by atoms with van der Waals surface area (Å²) in [6, 6.07) is 4.71. The van der Waals surface area contributed by atoms with Crippen LogP contribution in [0.25, 0.3) is 6.08 Å². The number of nitrogens with two attached hydrogens (primary N) is 1. The number of halogens is 1. The van der Waals surface area contributed by atoms with E-state index in [1.54, 1.807) is 18.2 Å². The van der Waals surface area contributed by atoms with Crippen LogP contribution in [-0.4, -0.2) is 35.9 Å². The molecule has 0 amide bonds. The molecule has 7 heteroatoms. The molecule has 0 bridgehead atoms. The van der Waals surface area contributed by atoms with Gasteiger partial charge in [-0.2, -0.15) is 0 Å². The van der Waals surface area contributed by atoms with Crippen molar-refractivity contribution in [1.82, 2.24) is 0 Å². The van der Waals surface area contributed by atoms with Crippen LogP contribution >= 0.6 is 0 Å². The fraction of sp³-hybridized carbons (Fsp3) is 0.500. The zero-order valence-corrected chi connectivity index (χ0v) is 15.1. The highest BCUT2D eigenvalue weighted by atomic mass is 19.1. The summed E-state index contributed by atoms with van der Waals surface area (Å²) >= 11 is 0. The normalized spacial score (nSPS) is 19.3. The number of hydrogen-bond donors (Lipinski definition) is 2. The van der Waals surface area contributed by atoms with Gasteiger partial charge in [0.05, 0.1) is 11.2 Å². The maximum absolute atomic E-state index is 14.2. The first-order chi connectivity index (χ1) is 11.6. The molecule has 3 N–H and O–H groups in total. The molecule has 1 aliphatic rings. The number of carboxylic acid groups (broad SMARTS) is 1. The van der Waals surface area contributed by atoms with E-state index < -0.39 is 30.1 Å². The number of aryl methyl sites for hydroxylation is 1. The zero-order valence-electron chi connectivity index (χ0n) is 15.1. The molecule has 25 heavy (non-hydrogen) atoms. The van der Waals surface area contributed by atoms with Crippen LogP contribution in [0.5, 0.6) is 0 Å². The van der Waals surface area contributed by atoms with Gasteiger partial charge in [-0.25, -0.2) is 4.39 Å². The fourth-order valence-corrected chi connectivity index (χ4v) is 2.53. The van der Waals surface area contributed by atoms with Crippen LogP contribution in [0.3, 0.4) is 0 Å². The standard InChI is InChI=1S/C18H25BFNO4/c1-17(2)18(3,4)25-19(24-17)14(11-21)9-12-5-6-13(15(20)10-12)7-8-16(22)23/h5-6,9-10H,7-8,11,21H2,1-4H3,(H,22,23). The van der Waals surface area contributed by atoms with Crippen LogP contribution < -0.4 is 5.73 Å². The molecule has 1 saturated heterocycles. The Morgan fingerprint density at radius 3 is 2.36 bits per heavy atom. The highest BCUT2D eigenvalue weighted by molar-refractivity contribution is 6.55.